The van der Waals surface area contributed by atoms with Gasteiger partial charge in [-0.1, -0.05) is 106 Å². The van der Waals surface area contributed by atoms with E-state index >= 15 is 0 Å². The molecule has 34 heavy (non-hydrogen) atoms. The predicted octanol–water partition coefficient (Wildman–Crippen LogP) is 3.61. The first-order valence-electron chi connectivity index (χ1n) is 13.2. The Morgan fingerprint density at radius 3 is 1.18 bits per heavy atom. The molecule has 2 aromatic rings. The number of halogens is 2. The second kappa shape index (κ2) is 20.4. The van der Waals surface area contributed by atoms with Crippen LogP contribution in [0.25, 0.3) is 0 Å². The molecule has 2 saturated carbocycles. The third-order valence-corrected chi connectivity index (χ3v) is 9.47. The number of aryl methyl sites for hydroxylation is 2. The Labute approximate surface area is 246 Å². The van der Waals surface area contributed by atoms with Crippen LogP contribution in [-0.2, 0) is 25.8 Å². The van der Waals surface area contributed by atoms with Gasteiger partial charge in [0.15, 0.2) is 0 Å². The second-order valence-electron chi connectivity index (χ2n) is 10.7. The van der Waals surface area contributed by atoms with E-state index in [4.69, 9.17) is 0 Å². The molecule has 1 radical (unpaired) electrons. The van der Waals surface area contributed by atoms with Crippen molar-refractivity contribution < 1.29 is 50.7 Å². The van der Waals surface area contributed by atoms with Crippen molar-refractivity contribution in [2.45, 2.75) is 129 Å². The maximum absolute atomic E-state index is 2.24. The van der Waals surface area contributed by atoms with Gasteiger partial charge in [-0.15, -0.1) is 0 Å². The van der Waals surface area contributed by atoms with E-state index in [1.165, 1.54) is 46.2 Å². The minimum atomic E-state index is 0. The van der Waals surface area contributed by atoms with Gasteiger partial charge in [-0.25, -0.2) is 23.3 Å². The molecule has 0 unspecified atom stereocenters. The summed E-state index contributed by atoms with van der Waals surface area (Å²) in [5.74, 6) is 1.36. The van der Waals surface area contributed by atoms with Gasteiger partial charge < -0.3 is 24.8 Å². The Morgan fingerprint density at radius 2 is 0.971 bits per heavy atom. The molecular weight excluding hydrogens is 638 g/mol. The van der Waals surface area contributed by atoms with Crippen molar-refractivity contribution in [1.82, 2.24) is 0 Å². The van der Waals surface area contributed by atoms with Crippen molar-refractivity contribution in [3.05, 3.63) is 58.7 Å². The van der Waals surface area contributed by atoms with Crippen LogP contribution in [0.15, 0.2) is 36.4 Å². The molecule has 2 fully saturated rings. The fourth-order valence-electron chi connectivity index (χ4n) is 4.93. The van der Waals surface area contributed by atoms with Crippen molar-refractivity contribution in [3.8, 4) is 0 Å². The molecule has 0 N–H and O–H groups in total. The maximum Gasteiger partial charge on any atom is 4.00 e. The van der Waals surface area contributed by atoms with Gasteiger partial charge in [0.2, 0.25) is 0 Å². The zero-order valence-electron chi connectivity index (χ0n) is 22.7. The van der Waals surface area contributed by atoms with Gasteiger partial charge in [0, 0.05) is 9.52 Å². The molecule has 2 aliphatic rings. The van der Waals surface area contributed by atoms with E-state index < -0.39 is 0 Å². The topological polar surface area (TPSA) is 0 Å². The Hall–Kier alpha value is 0.367. The van der Waals surface area contributed by atoms with E-state index in [0.29, 0.717) is 11.8 Å². The molecule has 0 heterocycles. The van der Waals surface area contributed by atoms with Crippen LogP contribution in [0, 0.1) is 13.8 Å². The molecule has 0 nitrogen and oxygen atoms in total. The summed E-state index contributed by atoms with van der Waals surface area (Å²) in [7, 11) is 0.825. The van der Waals surface area contributed by atoms with Crippen LogP contribution < -0.4 is 24.8 Å². The van der Waals surface area contributed by atoms with E-state index in [2.05, 4.69) is 77.9 Å². The first kappa shape index (κ1) is 36.5. The Morgan fingerprint density at radius 1 is 0.647 bits per heavy atom. The van der Waals surface area contributed by atoms with Crippen molar-refractivity contribution in [2.24, 2.45) is 0 Å². The van der Waals surface area contributed by atoms with Gasteiger partial charge >= 0.3 is 25.8 Å². The average Bonchev–Trinajstić information content (AvgIpc) is 3.39. The number of hydrogen-bond donors (Lipinski definition) is 0. The van der Waals surface area contributed by atoms with E-state index in [1.807, 2.05) is 0 Å². The fraction of sp³-hybridized carbons (Fsp3) is 0.667. The Balaban J connectivity index is 0. The third-order valence-electron chi connectivity index (χ3n) is 7.04. The van der Waals surface area contributed by atoms with E-state index in [-0.39, 0.29) is 50.7 Å². The monoisotopic (exact) mass is 687 g/mol. The summed E-state index contributed by atoms with van der Waals surface area (Å²) in [5.41, 5.74) is 8.06. The molecule has 0 saturated heterocycles. The normalized spacial score (nSPS) is 16.2. The zero-order chi connectivity index (χ0) is 22.6. The van der Waals surface area contributed by atoms with Gasteiger partial charge in [-0.05, 0) is 22.9 Å². The molecule has 2 aliphatic carbocycles. The Bertz CT molecular complexity index is 647. The molecule has 0 aromatic heterocycles. The quantitative estimate of drug-likeness (QED) is 0.341. The summed E-state index contributed by atoms with van der Waals surface area (Å²) < 4.78 is 0. The summed E-state index contributed by atoms with van der Waals surface area (Å²) >= 11 is 0. The van der Waals surface area contributed by atoms with Gasteiger partial charge in [0.05, 0.1) is 0 Å². The van der Waals surface area contributed by atoms with Crippen molar-refractivity contribution in [3.63, 3.8) is 0 Å². The minimum Gasteiger partial charge on any atom is -1.00 e. The summed E-state index contributed by atoms with van der Waals surface area (Å²) in [6.45, 7) is 13.1. The maximum atomic E-state index is 2.24. The zero-order valence-corrected chi connectivity index (χ0v) is 28.9. The minimum absolute atomic E-state index is 0. The first-order valence-corrected chi connectivity index (χ1v) is 14.5. The fourth-order valence-corrected chi connectivity index (χ4v) is 7.41. The van der Waals surface area contributed by atoms with Gasteiger partial charge in [-0.2, -0.15) is 35.4 Å². The van der Waals surface area contributed by atoms with Crippen LogP contribution in [0.2, 0.25) is 11.1 Å². The molecule has 0 bridgehead atoms. The molecule has 0 amide bonds. The molecule has 191 valence electrons. The molecular formula is C30H49Cl2HfSi. The average molecular weight is 687 g/mol. The van der Waals surface area contributed by atoms with Gasteiger partial charge in [0.1, 0.15) is 0 Å². The molecule has 0 spiro atoms. The number of rotatable bonds is 4. The first-order chi connectivity index (χ1) is 14.8. The van der Waals surface area contributed by atoms with Crippen molar-refractivity contribution in [1.29, 1.82) is 0 Å². The molecule has 2 aromatic carbocycles. The summed E-state index contributed by atoms with van der Waals surface area (Å²) in [5, 5.41) is 0. The molecule has 4 rings (SSSR count). The second-order valence-corrected chi connectivity index (χ2v) is 13.0. The number of hydrogen-bond acceptors (Lipinski definition) is 0. The van der Waals surface area contributed by atoms with Crippen molar-refractivity contribution >= 4 is 9.52 Å². The molecule has 0 aliphatic heterocycles. The summed E-state index contributed by atoms with van der Waals surface area (Å²) in [6.07, 6.45) is 15.6. The van der Waals surface area contributed by atoms with Crippen LogP contribution >= 0.6 is 0 Å². The summed E-state index contributed by atoms with van der Waals surface area (Å²) in [4.78, 5) is 0. The third kappa shape index (κ3) is 14.8. The van der Waals surface area contributed by atoms with E-state index in [9.17, 15) is 0 Å². The van der Waals surface area contributed by atoms with Crippen LogP contribution in [0.5, 0.6) is 0 Å². The molecule has 4 heteroatoms. The Kier molecular flexibility index (Phi) is 21.9. The van der Waals surface area contributed by atoms with Crippen LogP contribution in [0.4, 0.5) is 0 Å². The van der Waals surface area contributed by atoms with Crippen molar-refractivity contribution in [2.75, 3.05) is 0 Å². The van der Waals surface area contributed by atoms with Crippen LogP contribution in [-0.4, -0.2) is 9.52 Å². The van der Waals surface area contributed by atoms with Gasteiger partial charge in [0.25, 0.3) is 0 Å². The predicted molar refractivity (Wildman–Crippen MR) is 143 cm³/mol. The smallest absolute Gasteiger partial charge is 1.00 e. The van der Waals surface area contributed by atoms with Gasteiger partial charge in [-0.3, -0.25) is 0 Å². The largest absolute Gasteiger partial charge is 4.00 e. The summed E-state index contributed by atoms with van der Waals surface area (Å²) in [6, 6.07) is 13.2. The standard InChI is InChI=1S/C12H23Si.2C9H13.2ClH.Hf/c1-3-7-11(8-4-1)13-12-9-5-2-6-10-12;2*1-7(2)9-5-4-8(3)6-9;;;/h11-13H,1-10H2;2*4-7H,1-3H3;2*1H;/q;2*-1;;;+4/p-2. The van der Waals surface area contributed by atoms with E-state index in [0.717, 1.165) is 9.52 Å². The molecule has 0 atom stereocenters. The van der Waals surface area contributed by atoms with Crippen LogP contribution in [0.1, 0.15) is 126 Å². The van der Waals surface area contributed by atoms with E-state index in [1.54, 1.807) is 51.4 Å². The van der Waals surface area contributed by atoms with Crippen LogP contribution in [0.3, 0.4) is 0 Å². The SMILES string of the molecule is C1CCC([SiH]C2CCCCC2)CC1.Cc1c[cH-]c(C(C)C)c1.Cc1c[cH-]c(C(C)C)c1.[Cl-].[Cl-].[Hf+4].